The zero-order valence-electron chi connectivity index (χ0n) is 8.20. The van der Waals surface area contributed by atoms with Crippen molar-refractivity contribution in [3.63, 3.8) is 0 Å². The smallest absolute Gasteiger partial charge is 0.0434 e. The molecule has 0 saturated carbocycles. The minimum atomic E-state index is 1.22. The van der Waals surface area contributed by atoms with Crippen molar-refractivity contribution in [3.8, 4) is 0 Å². The van der Waals surface area contributed by atoms with E-state index >= 15 is 0 Å². The zero-order valence-corrected chi connectivity index (χ0v) is 8.20. The van der Waals surface area contributed by atoms with Gasteiger partial charge in [-0.05, 0) is 11.6 Å². The van der Waals surface area contributed by atoms with Crippen LogP contribution in [0.5, 0.6) is 0 Å². The highest BCUT2D eigenvalue weighted by Gasteiger charge is 1.98. The van der Waals surface area contributed by atoms with Gasteiger partial charge in [0.25, 0.3) is 0 Å². The Morgan fingerprint density at radius 1 is 1.23 bits per heavy atom. The Hall–Kier alpha value is -1.50. The van der Waals surface area contributed by atoms with Crippen molar-refractivity contribution >= 4 is 11.8 Å². The van der Waals surface area contributed by atoms with Gasteiger partial charge >= 0.3 is 0 Å². The molecule has 0 unspecified atom stereocenters. The average molecular weight is 173 g/mol. The fourth-order valence-electron chi connectivity index (χ4n) is 1.21. The number of nitrogens with zero attached hydrogens (tertiary/aromatic N) is 1. The lowest BCUT2D eigenvalue weighted by Gasteiger charge is -2.14. The van der Waals surface area contributed by atoms with Crippen LogP contribution in [0, 0.1) is 0 Å². The van der Waals surface area contributed by atoms with E-state index in [9.17, 15) is 0 Å². The highest BCUT2D eigenvalue weighted by Crippen LogP contribution is 2.18. The number of para-hydroxylation sites is 1. The van der Waals surface area contributed by atoms with Crippen LogP contribution in [0.4, 0.5) is 5.69 Å². The number of allylic oxidation sites excluding steroid dienone is 2. The van der Waals surface area contributed by atoms with E-state index in [1.165, 1.54) is 11.3 Å². The van der Waals surface area contributed by atoms with Gasteiger partial charge in [-0.3, -0.25) is 0 Å². The van der Waals surface area contributed by atoms with E-state index in [0.717, 1.165) is 0 Å². The SMILES string of the molecule is C=C/C=C/c1ccccc1N(C)C. The van der Waals surface area contributed by atoms with E-state index in [1.54, 1.807) is 6.08 Å². The predicted molar refractivity (Wildman–Crippen MR) is 60.0 cm³/mol. The molecule has 0 spiro atoms. The third-order valence-electron chi connectivity index (χ3n) is 1.83. The molecule has 0 N–H and O–H groups in total. The third-order valence-corrected chi connectivity index (χ3v) is 1.83. The second kappa shape index (κ2) is 4.51. The Bertz CT molecular complexity index is 311. The summed E-state index contributed by atoms with van der Waals surface area (Å²) in [4.78, 5) is 2.10. The van der Waals surface area contributed by atoms with Gasteiger partial charge < -0.3 is 4.90 Å². The van der Waals surface area contributed by atoms with Gasteiger partial charge in [-0.2, -0.15) is 0 Å². The first-order chi connectivity index (χ1) is 6.25. The first kappa shape index (κ1) is 9.59. The molecule has 68 valence electrons. The predicted octanol–water partition coefficient (Wildman–Crippen LogP) is 2.95. The molecule has 0 aromatic heterocycles. The van der Waals surface area contributed by atoms with Crippen LogP contribution in [-0.4, -0.2) is 14.1 Å². The normalized spacial score (nSPS) is 10.3. The van der Waals surface area contributed by atoms with Crippen molar-refractivity contribution in [3.05, 3.63) is 48.6 Å². The summed E-state index contributed by atoms with van der Waals surface area (Å²) < 4.78 is 0. The van der Waals surface area contributed by atoms with Crippen molar-refractivity contribution < 1.29 is 0 Å². The fraction of sp³-hybridized carbons (Fsp3) is 0.167. The van der Waals surface area contributed by atoms with Crippen molar-refractivity contribution in [1.29, 1.82) is 0 Å². The molecule has 0 saturated heterocycles. The topological polar surface area (TPSA) is 3.24 Å². The highest BCUT2D eigenvalue weighted by atomic mass is 15.1. The number of benzene rings is 1. The van der Waals surface area contributed by atoms with Gasteiger partial charge in [0.05, 0.1) is 0 Å². The van der Waals surface area contributed by atoms with Crippen LogP contribution in [0.1, 0.15) is 5.56 Å². The summed E-state index contributed by atoms with van der Waals surface area (Å²) in [6, 6.07) is 8.27. The molecule has 0 heterocycles. The second-order valence-electron chi connectivity index (χ2n) is 3.05. The molecular weight excluding hydrogens is 158 g/mol. The molecule has 0 aliphatic rings. The molecule has 1 aromatic carbocycles. The molecule has 1 heteroatoms. The Kier molecular flexibility index (Phi) is 3.32. The Morgan fingerprint density at radius 3 is 2.54 bits per heavy atom. The van der Waals surface area contributed by atoms with Crippen molar-refractivity contribution in [2.75, 3.05) is 19.0 Å². The molecule has 0 aliphatic heterocycles. The quantitative estimate of drug-likeness (QED) is 0.635. The van der Waals surface area contributed by atoms with Crippen LogP contribution in [0.3, 0.4) is 0 Å². The average Bonchev–Trinajstić information content (AvgIpc) is 2.15. The van der Waals surface area contributed by atoms with Gasteiger partial charge in [0.15, 0.2) is 0 Å². The summed E-state index contributed by atoms with van der Waals surface area (Å²) in [6.07, 6.45) is 5.79. The Labute approximate surface area is 80.0 Å². The maximum Gasteiger partial charge on any atom is 0.0434 e. The first-order valence-electron chi connectivity index (χ1n) is 4.31. The first-order valence-corrected chi connectivity index (χ1v) is 4.31. The summed E-state index contributed by atoms with van der Waals surface area (Å²) >= 11 is 0. The summed E-state index contributed by atoms with van der Waals surface area (Å²) in [5.41, 5.74) is 2.44. The Balaban J connectivity index is 3.04. The van der Waals surface area contributed by atoms with Crippen LogP contribution >= 0.6 is 0 Å². The number of rotatable bonds is 3. The van der Waals surface area contributed by atoms with E-state index in [-0.39, 0.29) is 0 Å². The lowest BCUT2D eigenvalue weighted by atomic mass is 10.1. The molecule has 1 nitrogen and oxygen atoms in total. The molecule has 0 amide bonds. The van der Waals surface area contributed by atoms with Gasteiger partial charge in [-0.1, -0.05) is 43.0 Å². The largest absolute Gasteiger partial charge is 0.377 e. The number of hydrogen-bond donors (Lipinski definition) is 0. The lowest BCUT2D eigenvalue weighted by Crippen LogP contribution is -2.09. The third kappa shape index (κ3) is 2.48. The van der Waals surface area contributed by atoms with E-state index in [0.29, 0.717) is 0 Å². The number of hydrogen-bond acceptors (Lipinski definition) is 1. The molecule has 0 atom stereocenters. The van der Waals surface area contributed by atoms with Crippen molar-refractivity contribution in [1.82, 2.24) is 0 Å². The van der Waals surface area contributed by atoms with Crippen LogP contribution in [0.2, 0.25) is 0 Å². The molecule has 13 heavy (non-hydrogen) atoms. The highest BCUT2D eigenvalue weighted by molar-refractivity contribution is 5.67. The maximum atomic E-state index is 3.65. The number of anilines is 1. The summed E-state index contributed by atoms with van der Waals surface area (Å²) in [6.45, 7) is 3.65. The summed E-state index contributed by atoms with van der Waals surface area (Å²) in [7, 11) is 4.08. The minimum absolute atomic E-state index is 1.22. The molecule has 1 rings (SSSR count). The maximum absolute atomic E-state index is 3.65. The lowest BCUT2D eigenvalue weighted by molar-refractivity contribution is 1.13. The molecule has 0 aliphatic carbocycles. The van der Waals surface area contributed by atoms with E-state index in [2.05, 4.69) is 29.7 Å². The van der Waals surface area contributed by atoms with Crippen LogP contribution in [0.25, 0.3) is 6.08 Å². The van der Waals surface area contributed by atoms with Crippen LogP contribution < -0.4 is 4.90 Å². The van der Waals surface area contributed by atoms with Gasteiger partial charge in [0.1, 0.15) is 0 Å². The van der Waals surface area contributed by atoms with Gasteiger partial charge in [-0.25, -0.2) is 0 Å². The summed E-state index contributed by atoms with van der Waals surface area (Å²) in [5, 5.41) is 0. The van der Waals surface area contributed by atoms with Crippen molar-refractivity contribution in [2.45, 2.75) is 0 Å². The fourth-order valence-corrected chi connectivity index (χ4v) is 1.21. The molecule has 0 fully saturated rings. The van der Waals surface area contributed by atoms with Crippen molar-refractivity contribution in [2.24, 2.45) is 0 Å². The van der Waals surface area contributed by atoms with E-state index in [4.69, 9.17) is 0 Å². The molecule has 0 radical (unpaired) electrons. The van der Waals surface area contributed by atoms with Crippen LogP contribution in [-0.2, 0) is 0 Å². The van der Waals surface area contributed by atoms with E-state index in [1.807, 2.05) is 32.3 Å². The molecule has 1 aromatic rings. The zero-order chi connectivity index (χ0) is 9.68. The Morgan fingerprint density at radius 2 is 1.92 bits per heavy atom. The second-order valence-corrected chi connectivity index (χ2v) is 3.05. The molecular formula is C12H15N. The molecule has 0 bridgehead atoms. The van der Waals surface area contributed by atoms with Gasteiger partial charge in [0.2, 0.25) is 0 Å². The standard InChI is InChI=1S/C12H15N/c1-4-5-8-11-9-6-7-10-12(11)13(2)3/h4-10H,1H2,2-3H3/b8-5+. The van der Waals surface area contributed by atoms with E-state index < -0.39 is 0 Å². The van der Waals surface area contributed by atoms with Crippen LogP contribution in [0.15, 0.2) is 43.0 Å². The monoisotopic (exact) mass is 173 g/mol. The van der Waals surface area contributed by atoms with Gasteiger partial charge in [0, 0.05) is 19.8 Å². The summed E-state index contributed by atoms with van der Waals surface area (Å²) in [5.74, 6) is 0. The minimum Gasteiger partial charge on any atom is -0.377 e. The van der Waals surface area contributed by atoms with Gasteiger partial charge in [-0.15, -0.1) is 0 Å².